The first kappa shape index (κ1) is 28.0. The van der Waals surface area contributed by atoms with E-state index in [4.69, 9.17) is 4.63 Å². The van der Waals surface area contributed by atoms with Gasteiger partial charge in [-0.25, -0.2) is 27.7 Å². The summed E-state index contributed by atoms with van der Waals surface area (Å²) in [4.78, 5) is 42.9. The highest BCUT2D eigenvalue weighted by atomic mass is 19.4. The number of nitrogens with zero attached hydrogens (tertiary/aromatic N) is 6. The summed E-state index contributed by atoms with van der Waals surface area (Å²) in [6.07, 6.45) is -0.839. The number of amides is 4. The number of carbonyl (C=O) groups is 3. The van der Waals surface area contributed by atoms with Crippen LogP contribution in [0.5, 0.6) is 0 Å². The minimum absolute atomic E-state index is 0.0226. The highest BCUT2D eigenvalue weighted by Crippen LogP contribution is 2.42. The fraction of sp³-hybridized carbons (Fsp3) is 0.560. The van der Waals surface area contributed by atoms with Gasteiger partial charge in [-0.2, -0.15) is 18.3 Å². The van der Waals surface area contributed by atoms with Crippen molar-refractivity contribution < 1.29 is 41.0 Å². The minimum Gasteiger partial charge on any atom is -0.342 e. The highest BCUT2D eigenvalue weighted by molar-refractivity contribution is 5.98. The molecule has 0 aromatic carbocycles. The molecule has 17 heteroatoms. The summed E-state index contributed by atoms with van der Waals surface area (Å²) in [5, 5.41) is 16.7. The third kappa shape index (κ3) is 5.51. The van der Waals surface area contributed by atoms with Crippen LogP contribution in [0.25, 0.3) is 5.65 Å². The van der Waals surface area contributed by atoms with Crippen LogP contribution < -0.4 is 10.6 Å². The summed E-state index contributed by atoms with van der Waals surface area (Å²) < 4.78 is 73.8. The molecule has 224 valence electrons. The van der Waals surface area contributed by atoms with Crippen molar-refractivity contribution in [3.63, 3.8) is 0 Å². The molecule has 42 heavy (non-hydrogen) atoms. The van der Waals surface area contributed by atoms with E-state index in [1.165, 1.54) is 23.0 Å². The van der Waals surface area contributed by atoms with E-state index in [-0.39, 0.29) is 48.5 Å². The third-order valence-corrected chi connectivity index (χ3v) is 7.93. The van der Waals surface area contributed by atoms with Crippen molar-refractivity contribution in [1.29, 1.82) is 0 Å². The molecule has 2 unspecified atom stereocenters. The largest absolute Gasteiger partial charge is 0.402 e. The van der Waals surface area contributed by atoms with Gasteiger partial charge in [-0.05, 0) is 48.4 Å². The SMILES string of the molecule is O=C(NC(c1cn2ncc(CN3C(=O)NCC(C(F)(F)F)C3=O)cc2n1)C1CCC(F)(F)CC1)c1nonc1C1CC1. The molecule has 4 heterocycles. The zero-order valence-electron chi connectivity index (χ0n) is 21.9. The Morgan fingerprint density at radius 2 is 1.90 bits per heavy atom. The lowest BCUT2D eigenvalue weighted by Gasteiger charge is -2.33. The highest BCUT2D eigenvalue weighted by Gasteiger charge is 2.50. The molecule has 2 saturated carbocycles. The molecule has 1 aliphatic heterocycles. The van der Waals surface area contributed by atoms with E-state index in [1.54, 1.807) is 0 Å². The van der Waals surface area contributed by atoms with Crippen molar-refractivity contribution >= 4 is 23.5 Å². The Kier molecular flexibility index (Phi) is 6.84. The number of imidazole rings is 1. The molecule has 2 aliphatic carbocycles. The average molecular weight is 597 g/mol. The van der Waals surface area contributed by atoms with Gasteiger partial charge in [0.2, 0.25) is 11.8 Å². The van der Waals surface area contributed by atoms with Crippen LogP contribution >= 0.6 is 0 Å². The number of hydrogen-bond acceptors (Lipinski definition) is 8. The molecule has 6 rings (SSSR count). The van der Waals surface area contributed by atoms with E-state index in [2.05, 4.69) is 31.0 Å². The normalized spacial score (nSPS) is 22.3. The van der Waals surface area contributed by atoms with Gasteiger partial charge in [-0.15, -0.1) is 0 Å². The number of aromatic nitrogens is 5. The van der Waals surface area contributed by atoms with Crippen LogP contribution in [0.1, 0.15) is 77.9 Å². The monoisotopic (exact) mass is 596 g/mol. The summed E-state index contributed by atoms with van der Waals surface area (Å²) in [5.41, 5.74) is 1.21. The van der Waals surface area contributed by atoms with Crippen molar-refractivity contribution in [2.24, 2.45) is 11.8 Å². The summed E-state index contributed by atoms with van der Waals surface area (Å²) in [6, 6.07) is -0.326. The Hall–Kier alpha value is -4.18. The number of hydrogen-bond donors (Lipinski definition) is 2. The molecule has 4 amide bonds. The summed E-state index contributed by atoms with van der Waals surface area (Å²) in [7, 11) is 0. The fourth-order valence-corrected chi connectivity index (χ4v) is 5.44. The van der Waals surface area contributed by atoms with E-state index >= 15 is 0 Å². The molecule has 3 aromatic heterocycles. The first-order valence-corrected chi connectivity index (χ1v) is 13.4. The van der Waals surface area contributed by atoms with E-state index < -0.39 is 60.9 Å². The smallest absolute Gasteiger partial charge is 0.342 e. The number of nitrogens with one attached hydrogen (secondary N) is 2. The van der Waals surface area contributed by atoms with Crippen molar-refractivity contribution in [3.05, 3.63) is 41.1 Å². The zero-order chi connectivity index (χ0) is 29.8. The van der Waals surface area contributed by atoms with Gasteiger partial charge in [0.1, 0.15) is 5.69 Å². The van der Waals surface area contributed by atoms with Gasteiger partial charge in [0, 0.05) is 25.3 Å². The Balaban J connectivity index is 1.26. The van der Waals surface area contributed by atoms with E-state index in [1.807, 2.05) is 0 Å². The summed E-state index contributed by atoms with van der Waals surface area (Å²) >= 11 is 0. The second kappa shape index (κ2) is 10.3. The standard InChI is InChI=1S/C25H25F5N8O4/c26-24(27)5-3-14(4-6-24)18(34-21(39)20-19(13-1-2-13)35-42-36-20)16-11-38-17(33-16)7-12(8-32-38)10-37-22(40)15(25(28,29)30)9-31-23(37)41/h7-8,11,13-15,18H,1-6,9-10H2,(H,31,41)(H,34,39). The molecule has 3 aliphatic rings. The van der Waals surface area contributed by atoms with Crippen LogP contribution in [0.15, 0.2) is 23.1 Å². The lowest BCUT2D eigenvalue weighted by Crippen LogP contribution is -2.58. The number of rotatable bonds is 7. The average Bonchev–Trinajstić information content (AvgIpc) is 3.49. The van der Waals surface area contributed by atoms with Gasteiger partial charge in [-0.1, -0.05) is 5.16 Å². The van der Waals surface area contributed by atoms with Crippen molar-refractivity contribution in [1.82, 2.24) is 40.4 Å². The van der Waals surface area contributed by atoms with Gasteiger partial charge in [-0.3, -0.25) is 14.5 Å². The maximum atomic E-state index is 14.0. The van der Waals surface area contributed by atoms with Crippen molar-refractivity contribution in [2.75, 3.05) is 6.54 Å². The molecular weight excluding hydrogens is 571 g/mol. The fourth-order valence-electron chi connectivity index (χ4n) is 5.44. The first-order chi connectivity index (χ1) is 19.9. The van der Waals surface area contributed by atoms with Gasteiger partial charge in [0.25, 0.3) is 5.91 Å². The topological polar surface area (TPSA) is 148 Å². The van der Waals surface area contributed by atoms with Gasteiger partial charge in [0.05, 0.1) is 30.7 Å². The molecule has 2 N–H and O–H groups in total. The second-order valence-corrected chi connectivity index (χ2v) is 11.0. The Bertz CT molecular complexity index is 1520. The molecule has 0 bridgehead atoms. The van der Waals surface area contributed by atoms with E-state index in [0.717, 1.165) is 12.8 Å². The molecule has 3 fully saturated rings. The lowest BCUT2D eigenvalue weighted by molar-refractivity contribution is -0.188. The number of fused-ring (bicyclic) bond motifs is 1. The molecule has 3 aromatic rings. The lowest BCUT2D eigenvalue weighted by atomic mass is 9.81. The first-order valence-electron chi connectivity index (χ1n) is 13.4. The van der Waals surface area contributed by atoms with E-state index in [0.29, 0.717) is 16.3 Å². The molecular formula is C25H25F5N8O4. The molecule has 1 saturated heterocycles. The molecule has 0 radical (unpaired) electrons. The zero-order valence-corrected chi connectivity index (χ0v) is 21.9. The van der Waals surface area contributed by atoms with Crippen LogP contribution in [-0.4, -0.2) is 66.3 Å². The van der Waals surface area contributed by atoms with E-state index in [9.17, 15) is 36.3 Å². The van der Waals surface area contributed by atoms with Crippen molar-refractivity contribution in [2.45, 2.75) is 69.1 Å². The Morgan fingerprint density at radius 1 is 1.17 bits per heavy atom. The molecule has 2 atom stereocenters. The van der Waals surface area contributed by atoms with Crippen LogP contribution in [-0.2, 0) is 11.3 Å². The Labute approximate surface area is 234 Å². The molecule has 0 spiro atoms. The van der Waals surface area contributed by atoms with Crippen molar-refractivity contribution in [3.8, 4) is 0 Å². The number of urea groups is 1. The summed E-state index contributed by atoms with van der Waals surface area (Å²) in [6.45, 7) is -1.32. The predicted octanol–water partition coefficient (Wildman–Crippen LogP) is 3.52. The molecule has 12 nitrogen and oxygen atoms in total. The van der Waals surface area contributed by atoms with Gasteiger partial charge in [0.15, 0.2) is 17.3 Å². The number of halogens is 5. The van der Waals surface area contributed by atoms with Gasteiger partial charge >= 0.3 is 12.2 Å². The second-order valence-electron chi connectivity index (χ2n) is 11.0. The predicted molar refractivity (Wildman–Crippen MR) is 130 cm³/mol. The maximum Gasteiger partial charge on any atom is 0.402 e. The third-order valence-electron chi connectivity index (χ3n) is 7.93. The van der Waals surface area contributed by atoms with Crippen LogP contribution in [0.3, 0.4) is 0 Å². The minimum atomic E-state index is -4.83. The Morgan fingerprint density at radius 3 is 2.60 bits per heavy atom. The van der Waals surface area contributed by atoms with Crippen LogP contribution in [0.4, 0.5) is 26.7 Å². The van der Waals surface area contributed by atoms with Crippen LogP contribution in [0.2, 0.25) is 0 Å². The van der Waals surface area contributed by atoms with Gasteiger partial charge < -0.3 is 10.6 Å². The van der Waals surface area contributed by atoms with Crippen LogP contribution in [0, 0.1) is 11.8 Å². The summed E-state index contributed by atoms with van der Waals surface area (Å²) in [5.74, 6) is -7.45. The number of alkyl halides is 5. The quantitative estimate of drug-likeness (QED) is 0.394. The number of carbonyl (C=O) groups excluding carboxylic acids is 3. The number of imide groups is 1. The maximum absolute atomic E-state index is 14.0.